The third kappa shape index (κ3) is 8.29. The summed E-state index contributed by atoms with van der Waals surface area (Å²) < 4.78 is 15.4. The third-order valence-corrected chi connectivity index (χ3v) is 10.1. The number of fused-ring (bicyclic) bond motifs is 2. The fourth-order valence-corrected chi connectivity index (χ4v) is 6.96. The maximum Gasteiger partial charge on any atom is 0.229 e. The van der Waals surface area contributed by atoms with E-state index >= 15 is 0 Å². The van der Waals surface area contributed by atoms with Gasteiger partial charge in [-0.25, -0.2) is 14.4 Å². The Labute approximate surface area is 315 Å². The van der Waals surface area contributed by atoms with E-state index in [-0.39, 0.29) is 18.2 Å². The van der Waals surface area contributed by atoms with Crippen molar-refractivity contribution in [2.75, 3.05) is 21.3 Å². The first-order valence-corrected chi connectivity index (χ1v) is 18.1. The van der Waals surface area contributed by atoms with E-state index < -0.39 is 0 Å². The lowest BCUT2D eigenvalue weighted by molar-refractivity contribution is 0.627. The summed E-state index contributed by atoms with van der Waals surface area (Å²) in [6.07, 6.45) is 0. The lowest BCUT2D eigenvalue weighted by Gasteiger charge is -2.12. The zero-order chi connectivity index (χ0) is 35.3. The number of aryl methyl sites for hydroxylation is 4. The quantitative estimate of drug-likeness (QED) is 0.122. The molecule has 8 rings (SSSR count). The number of thiophene rings is 2. The van der Waals surface area contributed by atoms with Crippen molar-refractivity contribution >= 4 is 102 Å². The standard InChI is InChI=1S/C20H17FN4S.C20H18N4S.ClH/c1-12-5-3-4-6-15(12)22-19-18-17(9-10-26-18)24-20(25-19)23-16-8-7-14(21)11-13(16)2;1-13-7-3-5-9-15(13)21-19-18-17(11-12-25-18)23-20(24-19)22-16-10-6-4-8-14(16)2;/h3-11H,1-2H3,(H2,22,23,24,25);3-12H,1-2H3,(H2,21,22,23,24);1H. The summed E-state index contributed by atoms with van der Waals surface area (Å²) in [7, 11) is 0. The van der Waals surface area contributed by atoms with E-state index in [4.69, 9.17) is 4.98 Å². The molecule has 0 unspecified atom stereocenters. The lowest BCUT2D eigenvalue weighted by Crippen LogP contribution is -2.03. The van der Waals surface area contributed by atoms with Gasteiger partial charge in [0.05, 0.1) is 20.4 Å². The molecule has 0 aliphatic rings. The SMILES string of the molecule is Cc1cc(F)ccc1Nc1nc(Nc2ccccc2C)c2sccc2n1.Cc1ccccc1Nc1nc(Nc2ccccc2C)c2sccc2n1.Cl. The summed E-state index contributed by atoms with van der Waals surface area (Å²) in [4.78, 5) is 18.6. The van der Waals surface area contributed by atoms with Gasteiger partial charge in [0.15, 0.2) is 11.6 Å². The first-order valence-electron chi connectivity index (χ1n) is 16.3. The van der Waals surface area contributed by atoms with Crippen molar-refractivity contribution in [2.24, 2.45) is 0 Å². The Morgan fingerprint density at radius 3 is 1.29 bits per heavy atom. The van der Waals surface area contributed by atoms with Crippen LogP contribution in [0.25, 0.3) is 20.4 Å². The average Bonchev–Trinajstić information content (AvgIpc) is 3.80. The second kappa shape index (κ2) is 16.2. The molecule has 4 aromatic carbocycles. The molecule has 12 heteroatoms. The van der Waals surface area contributed by atoms with Crippen molar-refractivity contribution in [3.63, 3.8) is 0 Å². The monoisotopic (exact) mass is 746 g/mol. The third-order valence-electron chi connectivity index (χ3n) is 8.23. The molecule has 0 aliphatic heterocycles. The van der Waals surface area contributed by atoms with Gasteiger partial charge in [-0.05, 0) is 109 Å². The largest absolute Gasteiger partial charge is 0.339 e. The molecule has 4 heterocycles. The molecule has 0 radical (unpaired) electrons. The van der Waals surface area contributed by atoms with Crippen molar-refractivity contribution in [1.29, 1.82) is 0 Å². The van der Waals surface area contributed by atoms with E-state index in [0.717, 1.165) is 71.5 Å². The summed E-state index contributed by atoms with van der Waals surface area (Å²) in [6.45, 7) is 8.05. The van der Waals surface area contributed by atoms with Gasteiger partial charge in [0.25, 0.3) is 0 Å². The minimum atomic E-state index is -0.260. The van der Waals surface area contributed by atoms with Crippen molar-refractivity contribution in [2.45, 2.75) is 27.7 Å². The molecule has 0 saturated carbocycles. The normalized spacial score (nSPS) is 10.6. The number of benzene rings is 4. The van der Waals surface area contributed by atoms with Crippen LogP contribution in [0.15, 0.2) is 114 Å². The van der Waals surface area contributed by atoms with Crippen molar-refractivity contribution in [1.82, 2.24) is 19.9 Å². The maximum atomic E-state index is 13.3. The predicted molar refractivity (Wildman–Crippen MR) is 220 cm³/mol. The van der Waals surface area contributed by atoms with Gasteiger partial charge in [-0.3, -0.25) is 0 Å². The Kier molecular flexibility index (Phi) is 11.2. The van der Waals surface area contributed by atoms with Crippen LogP contribution >= 0.6 is 35.1 Å². The van der Waals surface area contributed by atoms with E-state index in [9.17, 15) is 4.39 Å². The summed E-state index contributed by atoms with van der Waals surface area (Å²) >= 11 is 3.24. The zero-order valence-electron chi connectivity index (χ0n) is 28.9. The smallest absolute Gasteiger partial charge is 0.229 e. The minimum Gasteiger partial charge on any atom is -0.339 e. The number of halogens is 2. The van der Waals surface area contributed by atoms with Crippen LogP contribution in [0.1, 0.15) is 22.3 Å². The molecule has 262 valence electrons. The maximum absolute atomic E-state index is 13.3. The van der Waals surface area contributed by atoms with Crippen LogP contribution in [0, 0.1) is 33.5 Å². The second-order valence-corrected chi connectivity index (χ2v) is 13.8. The second-order valence-electron chi connectivity index (χ2n) is 12.0. The molecular weight excluding hydrogens is 711 g/mol. The van der Waals surface area contributed by atoms with Gasteiger partial charge in [0.2, 0.25) is 11.9 Å². The number of para-hydroxylation sites is 3. The number of aromatic nitrogens is 4. The van der Waals surface area contributed by atoms with Gasteiger partial charge in [-0.15, -0.1) is 35.1 Å². The number of rotatable bonds is 8. The van der Waals surface area contributed by atoms with Gasteiger partial charge in [-0.1, -0.05) is 54.6 Å². The van der Waals surface area contributed by atoms with Crippen LogP contribution in [0.3, 0.4) is 0 Å². The molecule has 0 fully saturated rings. The molecule has 8 aromatic rings. The molecule has 0 saturated heterocycles. The van der Waals surface area contributed by atoms with Gasteiger partial charge in [0, 0.05) is 22.7 Å². The van der Waals surface area contributed by atoms with Crippen LogP contribution in [-0.2, 0) is 0 Å². The molecule has 0 bridgehead atoms. The highest BCUT2D eigenvalue weighted by Gasteiger charge is 2.13. The topological polar surface area (TPSA) is 99.7 Å². The van der Waals surface area contributed by atoms with Crippen molar-refractivity contribution in [3.8, 4) is 0 Å². The molecule has 4 N–H and O–H groups in total. The zero-order valence-corrected chi connectivity index (χ0v) is 31.3. The number of hydrogen-bond acceptors (Lipinski definition) is 10. The fourth-order valence-electron chi connectivity index (χ4n) is 5.41. The first kappa shape index (κ1) is 36.2. The minimum absolute atomic E-state index is 0. The van der Waals surface area contributed by atoms with Crippen LogP contribution < -0.4 is 21.3 Å². The Morgan fingerprint density at radius 1 is 0.462 bits per heavy atom. The highest BCUT2D eigenvalue weighted by molar-refractivity contribution is 7.18. The Balaban J connectivity index is 0.000000175. The summed E-state index contributed by atoms with van der Waals surface area (Å²) in [6, 6.07) is 33.0. The summed E-state index contributed by atoms with van der Waals surface area (Å²) in [5, 5.41) is 17.4. The fraction of sp³-hybridized carbons (Fsp3) is 0.100. The number of nitrogens with zero attached hydrogens (tertiary/aromatic N) is 4. The van der Waals surface area contributed by atoms with E-state index in [1.807, 2.05) is 78.3 Å². The average molecular weight is 747 g/mol. The molecule has 0 atom stereocenters. The van der Waals surface area contributed by atoms with Crippen molar-refractivity contribution in [3.05, 3.63) is 142 Å². The predicted octanol–water partition coefficient (Wildman–Crippen LogP) is 12.2. The molecule has 4 aromatic heterocycles. The van der Waals surface area contributed by atoms with Gasteiger partial charge in [0.1, 0.15) is 5.82 Å². The molecule has 52 heavy (non-hydrogen) atoms. The highest BCUT2D eigenvalue weighted by Crippen LogP contribution is 2.33. The van der Waals surface area contributed by atoms with Crippen molar-refractivity contribution < 1.29 is 4.39 Å². The van der Waals surface area contributed by atoms with E-state index in [1.54, 1.807) is 28.7 Å². The van der Waals surface area contributed by atoms with Crippen LogP contribution in [0.2, 0.25) is 0 Å². The number of hydrogen-bond donors (Lipinski definition) is 4. The molecule has 0 spiro atoms. The lowest BCUT2D eigenvalue weighted by atomic mass is 10.2. The number of nitrogens with one attached hydrogen (secondary N) is 4. The molecular formula is C40H36ClFN8S2. The van der Waals surface area contributed by atoms with Gasteiger partial charge in [-0.2, -0.15) is 9.97 Å². The van der Waals surface area contributed by atoms with Gasteiger partial charge >= 0.3 is 0 Å². The van der Waals surface area contributed by atoms with E-state index in [1.165, 1.54) is 17.7 Å². The van der Waals surface area contributed by atoms with Crippen LogP contribution in [-0.4, -0.2) is 19.9 Å². The summed E-state index contributed by atoms with van der Waals surface area (Å²) in [5.74, 6) is 2.38. The van der Waals surface area contributed by atoms with E-state index in [0.29, 0.717) is 11.9 Å². The molecule has 8 nitrogen and oxygen atoms in total. The molecule has 0 amide bonds. The van der Waals surface area contributed by atoms with E-state index in [2.05, 4.69) is 81.3 Å². The van der Waals surface area contributed by atoms with Crippen LogP contribution in [0.5, 0.6) is 0 Å². The summed E-state index contributed by atoms with van der Waals surface area (Å²) in [5.41, 5.74) is 9.93. The Morgan fingerprint density at radius 2 is 0.865 bits per heavy atom. The Bertz CT molecular complexity index is 2480. The Hall–Kier alpha value is -5.62. The van der Waals surface area contributed by atoms with Gasteiger partial charge < -0.3 is 21.3 Å². The van der Waals surface area contributed by atoms with Crippen LogP contribution in [0.4, 0.5) is 50.7 Å². The number of anilines is 8. The molecule has 0 aliphatic carbocycles. The first-order chi connectivity index (χ1) is 24.8. The highest BCUT2D eigenvalue weighted by atomic mass is 35.5.